The number of alkyl halides is 3. The molecule has 0 unspecified atom stereocenters. The second-order valence-corrected chi connectivity index (χ2v) is 10.7. The summed E-state index contributed by atoms with van der Waals surface area (Å²) in [5, 5.41) is 0.220. The van der Waals surface area contributed by atoms with Crippen LogP contribution in [-0.2, 0) is 6.54 Å². The zero-order valence-corrected chi connectivity index (χ0v) is 24.3. The van der Waals surface area contributed by atoms with Crippen molar-refractivity contribution in [2.45, 2.75) is 45.5 Å². The van der Waals surface area contributed by atoms with Crippen LogP contribution in [0.5, 0.6) is 5.75 Å². The number of aryl methyl sites for hydroxylation is 2. The number of pyridine rings is 1. The molecule has 0 radical (unpaired) electrons. The Bertz CT molecular complexity index is 1530. The van der Waals surface area contributed by atoms with E-state index in [4.69, 9.17) is 11.6 Å². The van der Waals surface area contributed by atoms with Crippen LogP contribution in [0.15, 0.2) is 77.6 Å². The second kappa shape index (κ2) is 12.7. The fourth-order valence-corrected chi connectivity index (χ4v) is 5.59. The van der Waals surface area contributed by atoms with Crippen molar-refractivity contribution in [2.75, 3.05) is 13.1 Å². The van der Waals surface area contributed by atoms with E-state index in [0.29, 0.717) is 17.2 Å². The number of nitrogens with one attached hydrogen (secondary N) is 1. The minimum atomic E-state index is -4.67. The number of halogens is 5. The van der Waals surface area contributed by atoms with Crippen LogP contribution in [-0.4, -0.2) is 29.3 Å². The van der Waals surface area contributed by atoms with Gasteiger partial charge in [0.2, 0.25) is 5.43 Å². The number of ether oxygens (including phenoxy) is 1. The summed E-state index contributed by atoms with van der Waals surface area (Å²) in [4.78, 5) is 18.3. The van der Waals surface area contributed by atoms with Crippen molar-refractivity contribution in [3.63, 3.8) is 0 Å². The van der Waals surface area contributed by atoms with Gasteiger partial charge in [-0.2, -0.15) is 0 Å². The topological polar surface area (TPSA) is 45.3 Å². The molecule has 4 aromatic rings. The summed E-state index contributed by atoms with van der Waals surface area (Å²) in [6.07, 6.45) is -2.76. The third-order valence-electron chi connectivity index (χ3n) is 7.55. The van der Waals surface area contributed by atoms with Crippen molar-refractivity contribution in [1.82, 2.24) is 9.88 Å². The number of piperidine rings is 1. The van der Waals surface area contributed by atoms with E-state index in [2.05, 4.69) is 38.9 Å². The lowest BCUT2D eigenvalue weighted by Crippen LogP contribution is -2.32. The fraction of sp³-hybridized carbons (Fsp3) is 0.281. The normalized spacial score (nSPS) is 14.5. The van der Waals surface area contributed by atoms with Crippen LogP contribution in [0.3, 0.4) is 0 Å². The number of H-pyrrole nitrogens is 1. The number of rotatable bonds is 6. The molecule has 1 aliphatic heterocycles. The fourth-order valence-electron chi connectivity index (χ4n) is 5.45. The molecular weight excluding hydrogens is 572 g/mol. The number of aromatic amines is 1. The molecule has 4 nitrogen and oxygen atoms in total. The van der Waals surface area contributed by atoms with E-state index < -0.39 is 6.36 Å². The van der Waals surface area contributed by atoms with Gasteiger partial charge in [0, 0.05) is 23.5 Å². The molecule has 0 spiro atoms. The molecular formula is C32H31Cl2F3N2O2. The van der Waals surface area contributed by atoms with Gasteiger partial charge in [0.15, 0.2) is 0 Å². The van der Waals surface area contributed by atoms with E-state index in [0.717, 1.165) is 60.4 Å². The van der Waals surface area contributed by atoms with Crippen molar-refractivity contribution >= 4 is 24.0 Å². The predicted octanol–water partition coefficient (Wildman–Crippen LogP) is 8.68. The molecule has 216 valence electrons. The molecule has 9 heteroatoms. The van der Waals surface area contributed by atoms with Gasteiger partial charge in [-0.1, -0.05) is 72.3 Å². The van der Waals surface area contributed by atoms with E-state index in [1.807, 2.05) is 31.2 Å². The monoisotopic (exact) mass is 602 g/mol. The number of aromatic nitrogens is 1. The molecule has 0 atom stereocenters. The van der Waals surface area contributed by atoms with Gasteiger partial charge in [-0.15, -0.1) is 25.6 Å². The standard InChI is InChI=1S/C32H30ClF3N2O2.ClH/c1-20-29(31(39)30(33)21(2)37-20)27-9-7-24(8-10-27)23-5-3-22(4-6-23)19-38-17-15-26(16-18-38)25-11-13-28(14-12-25)40-32(34,35)36;/h3-14,26H,15-19H2,1-2H3,(H,37,39);1H. The van der Waals surface area contributed by atoms with Crippen LogP contribution >= 0.6 is 24.0 Å². The molecule has 1 N–H and O–H groups in total. The van der Waals surface area contributed by atoms with Crippen molar-refractivity contribution in [2.24, 2.45) is 0 Å². The number of hydrogen-bond donors (Lipinski definition) is 1. The molecule has 0 aliphatic carbocycles. The highest BCUT2D eigenvalue weighted by Gasteiger charge is 2.31. The maximum absolute atomic E-state index is 12.7. The zero-order valence-electron chi connectivity index (χ0n) is 22.7. The van der Waals surface area contributed by atoms with Gasteiger partial charge in [-0.25, -0.2) is 0 Å². The summed E-state index contributed by atoms with van der Waals surface area (Å²) in [6.45, 7) is 6.37. The summed E-state index contributed by atoms with van der Waals surface area (Å²) < 4.78 is 41.2. The lowest BCUT2D eigenvalue weighted by molar-refractivity contribution is -0.274. The van der Waals surface area contributed by atoms with Crippen molar-refractivity contribution in [3.05, 3.63) is 111 Å². The van der Waals surface area contributed by atoms with Crippen molar-refractivity contribution < 1.29 is 17.9 Å². The highest BCUT2D eigenvalue weighted by molar-refractivity contribution is 6.31. The van der Waals surface area contributed by atoms with Crippen LogP contribution in [0.1, 0.15) is 41.3 Å². The van der Waals surface area contributed by atoms with Gasteiger partial charge in [0.05, 0.1) is 0 Å². The molecule has 0 saturated carbocycles. The quantitative estimate of drug-likeness (QED) is 0.240. The van der Waals surface area contributed by atoms with Gasteiger partial charge < -0.3 is 9.72 Å². The Morgan fingerprint density at radius 1 is 0.854 bits per heavy atom. The SMILES string of the molecule is Cc1[nH]c(C)c(-c2ccc(-c3ccc(CN4CCC(c5ccc(OC(F)(F)F)cc5)CC4)cc3)cc2)c(=O)c1Cl.Cl. The largest absolute Gasteiger partial charge is 0.573 e. The number of benzene rings is 3. The van der Waals surface area contributed by atoms with Gasteiger partial charge in [0.25, 0.3) is 0 Å². The van der Waals surface area contributed by atoms with E-state index in [1.165, 1.54) is 17.7 Å². The highest BCUT2D eigenvalue weighted by atomic mass is 35.5. The smallest absolute Gasteiger partial charge is 0.406 e. The maximum atomic E-state index is 12.7. The highest BCUT2D eigenvalue weighted by Crippen LogP contribution is 2.32. The Hall–Kier alpha value is -3.26. The van der Waals surface area contributed by atoms with Crippen molar-refractivity contribution in [1.29, 1.82) is 0 Å². The Morgan fingerprint density at radius 2 is 1.39 bits per heavy atom. The average Bonchev–Trinajstić information content (AvgIpc) is 2.93. The molecule has 0 bridgehead atoms. The van der Waals surface area contributed by atoms with Crippen LogP contribution in [0.25, 0.3) is 22.3 Å². The maximum Gasteiger partial charge on any atom is 0.573 e. The Kier molecular flexibility index (Phi) is 9.52. The first-order valence-electron chi connectivity index (χ1n) is 13.2. The van der Waals surface area contributed by atoms with Crippen LogP contribution in [0, 0.1) is 13.8 Å². The molecule has 1 saturated heterocycles. The van der Waals surface area contributed by atoms with Gasteiger partial charge in [0.1, 0.15) is 10.8 Å². The van der Waals surface area contributed by atoms with E-state index in [-0.39, 0.29) is 28.6 Å². The van der Waals surface area contributed by atoms with E-state index in [1.54, 1.807) is 19.1 Å². The second-order valence-electron chi connectivity index (χ2n) is 10.3. The first kappa shape index (κ1) is 30.7. The summed E-state index contributed by atoms with van der Waals surface area (Å²) in [5.74, 6) is 0.145. The molecule has 0 amide bonds. The third-order valence-corrected chi connectivity index (χ3v) is 8.00. The number of nitrogens with zero attached hydrogens (tertiary/aromatic N) is 1. The first-order valence-corrected chi connectivity index (χ1v) is 13.6. The van der Waals surface area contributed by atoms with Gasteiger partial charge >= 0.3 is 6.36 Å². The summed E-state index contributed by atoms with van der Waals surface area (Å²) in [6, 6.07) is 22.7. The van der Waals surface area contributed by atoms with Crippen LogP contribution in [0.4, 0.5) is 13.2 Å². The molecule has 2 heterocycles. The number of likely N-dealkylation sites (tertiary alicyclic amines) is 1. The predicted molar refractivity (Wildman–Crippen MR) is 160 cm³/mol. The number of hydrogen-bond acceptors (Lipinski definition) is 3. The first-order chi connectivity index (χ1) is 19.1. The van der Waals surface area contributed by atoms with E-state index >= 15 is 0 Å². The Morgan fingerprint density at radius 3 is 1.95 bits per heavy atom. The Labute approximate surface area is 248 Å². The molecule has 1 aromatic heterocycles. The zero-order chi connectivity index (χ0) is 28.4. The summed E-state index contributed by atoms with van der Waals surface area (Å²) in [5.41, 5.74) is 7.16. The van der Waals surface area contributed by atoms with Crippen LogP contribution in [0.2, 0.25) is 5.02 Å². The Balaban J connectivity index is 0.00000387. The van der Waals surface area contributed by atoms with Gasteiger partial charge in [-0.3, -0.25) is 9.69 Å². The summed E-state index contributed by atoms with van der Waals surface area (Å²) in [7, 11) is 0. The van der Waals surface area contributed by atoms with Crippen molar-refractivity contribution in [3.8, 4) is 28.0 Å². The van der Waals surface area contributed by atoms with E-state index in [9.17, 15) is 18.0 Å². The molecule has 1 fully saturated rings. The van der Waals surface area contributed by atoms with Gasteiger partial charge in [-0.05, 0) is 85.6 Å². The summed E-state index contributed by atoms with van der Waals surface area (Å²) >= 11 is 6.19. The molecule has 5 rings (SSSR count). The lowest BCUT2D eigenvalue weighted by Gasteiger charge is -2.32. The minimum absolute atomic E-state index is 0. The van der Waals surface area contributed by atoms with Crippen LogP contribution < -0.4 is 10.2 Å². The molecule has 3 aromatic carbocycles. The third kappa shape index (κ3) is 7.34. The molecule has 1 aliphatic rings. The lowest BCUT2D eigenvalue weighted by atomic mass is 9.89. The minimum Gasteiger partial charge on any atom is -0.406 e. The molecule has 41 heavy (non-hydrogen) atoms. The average molecular weight is 604 g/mol.